The zero-order valence-corrected chi connectivity index (χ0v) is 14.5. The lowest BCUT2D eigenvalue weighted by atomic mass is 9.98. The molecule has 0 aromatic carbocycles. The summed E-state index contributed by atoms with van der Waals surface area (Å²) in [5.41, 5.74) is 0.756. The lowest BCUT2D eigenvalue weighted by molar-refractivity contribution is 0.0707. The Morgan fingerprint density at radius 1 is 1.12 bits per heavy atom. The Balaban J connectivity index is 1.49. The van der Waals surface area contributed by atoms with E-state index < -0.39 is 0 Å². The van der Waals surface area contributed by atoms with Gasteiger partial charge in [0.1, 0.15) is 5.82 Å². The van der Waals surface area contributed by atoms with Gasteiger partial charge in [-0.3, -0.25) is 4.79 Å². The highest BCUT2D eigenvalue weighted by Gasteiger charge is 2.27. The van der Waals surface area contributed by atoms with Crippen molar-refractivity contribution in [3.63, 3.8) is 0 Å². The molecule has 4 heterocycles. The van der Waals surface area contributed by atoms with Gasteiger partial charge in [0.25, 0.3) is 5.91 Å². The van der Waals surface area contributed by atoms with E-state index in [1.54, 1.807) is 17.5 Å². The van der Waals surface area contributed by atoms with Crippen LogP contribution < -0.4 is 4.90 Å². The molecule has 2 aliphatic rings. The number of pyridine rings is 1. The van der Waals surface area contributed by atoms with Crippen LogP contribution in [0.25, 0.3) is 0 Å². The monoisotopic (exact) mass is 342 g/mol. The fraction of sp³-hybridized carbons (Fsp3) is 0.500. The molecule has 2 aliphatic heterocycles. The highest BCUT2D eigenvalue weighted by Crippen LogP contribution is 2.29. The molecule has 2 aromatic heterocycles. The first-order valence-electron chi connectivity index (χ1n) is 8.71. The Morgan fingerprint density at radius 2 is 2.00 bits per heavy atom. The van der Waals surface area contributed by atoms with Gasteiger partial charge in [0.15, 0.2) is 0 Å². The number of carbonyl (C=O) groups is 1. The van der Waals surface area contributed by atoms with Crippen LogP contribution in [0.5, 0.6) is 0 Å². The van der Waals surface area contributed by atoms with Crippen molar-refractivity contribution >= 4 is 23.1 Å². The number of thiazole rings is 1. The first-order valence-corrected chi connectivity index (χ1v) is 9.59. The molecule has 0 N–H and O–H groups in total. The van der Waals surface area contributed by atoms with Crippen LogP contribution in [0.3, 0.4) is 0 Å². The van der Waals surface area contributed by atoms with Crippen molar-refractivity contribution in [1.29, 1.82) is 0 Å². The molecule has 0 aliphatic carbocycles. The molecule has 1 atom stereocenters. The minimum Gasteiger partial charge on any atom is -0.357 e. The molecule has 6 heteroatoms. The normalized spacial score (nSPS) is 21.2. The Kier molecular flexibility index (Phi) is 4.47. The third-order valence-electron chi connectivity index (χ3n) is 4.93. The molecule has 5 nitrogen and oxygen atoms in total. The second kappa shape index (κ2) is 6.89. The number of nitrogens with zero attached hydrogens (tertiary/aromatic N) is 4. The summed E-state index contributed by atoms with van der Waals surface area (Å²) < 4.78 is 0. The molecule has 0 saturated carbocycles. The number of piperidine rings is 1. The van der Waals surface area contributed by atoms with Gasteiger partial charge in [0.2, 0.25) is 0 Å². The zero-order chi connectivity index (χ0) is 16.4. The predicted molar refractivity (Wildman–Crippen MR) is 95.7 cm³/mol. The SMILES string of the molecule is O=C(c1ccnc(N2CCCC2)c1)N1CCC[C@H](c2nccs2)C1. The first-order chi connectivity index (χ1) is 11.8. The van der Waals surface area contributed by atoms with Gasteiger partial charge >= 0.3 is 0 Å². The minimum absolute atomic E-state index is 0.124. The van der Waals surface area contributed by atoms with Gasteiger partial charge < -0.3 is 9.80 Å². The van der Waals surface area contributed by atoms with Crippen molar-refractivity contribution in [2.24, 2.45) is 0 Å². The number of aromatic nitrogens is 2. The second-order valence-corrected chi connectivity index (χ2v) is 7.48. The van der Waals surface area contributed by atoms with Crippen molar-refractivity contribution in [2.75, 3.05) is 31.1 Å². The van der Waals surface area contributed by atoms with E-state index in [9.17, 15) is 4.79 Å². The highest BCUT2D eigenvalue weighted by atomic mass is 32.1. The summed E-state index contributed by atoms with van der Waals surface area (Å²) in [7, 11) is 0. The maximum absolute atomic E-state index is 12.9. The van der Waals surface area contributed by atoms with E-state index in [1.807, 2.05) is 28.6 Å². The van der Waals surface area contributed by atoms with Gasteiger partial charge in [-0.2, -0.15) is 0 Å². The number of amides is 1. The van der Waals surface area contributed by atoms with E-state index in [1.165, 1.54) is 12.8 Å². The van der Waals surface area contributed by atoms with E-state index in [0.717, 1.165) is 55.4 Å². The topological polar surface area (TPSA) is 49.3 Å². The number of anilines is 1. The van der Waals surface area contributed by atoms with Gasteiger partial charge in [0, 0.05) is 55.4 Å². The molecule has 0 bridgehead atoms. The van der Waals surface area contributed by atoms with Gasteiger partial charge in [0.05, 0.1) is 5.01 Å². The Labute approximate surface area is 146 Å². The number of likely N-dealkylation sites (tertiary alicyclic amines) is 1. The second-order valence-electron chi connectivity index (χ2n) is 6.56. The fourth-order valence-electron chi connectivity index (χ4n) is 3.65. The number of carbonyl (C=O) groups excluding carboxylic acids is 1. The maximum Gasteiger partial charge on any atom is 0.254 e. The third-order valence-corrected chi connectivity index (χ3v) is 5.87. The summed E-state index contributed by atoms with van der Waals surface area (Å²) in [4.78, 5) is 26.1. The Morgan fingerprint density at radius 3 is 2.79 bits per heavy atom. The van der Waals surface area contributed by atoms with E-state index in [4.69, 9.17) is 0 Å². The molecule has 2 aromatic rings. The molecular formula is C18H22N4OS. The van der Waals surface area contributed by atoms with Crippen LogP contribution in [0.1, 0.15) is 47.0 Å². The zero-order valence-electron chi connectivity index (χ0n) is 13.7. The molecule has 24 heavy (non-hydrogen) atoms. The standard InChI is InChI=1S/C18H22N4OS/c23-18(14-5-6-19-16(12-14)21-8-1-2-9-21)22-10-3-4-15(13-22)17-20-7-11-24-17/h5-7,11-12,15H,1-4,8-10,13H2/t15-/m0/s1. The maximum atomic E-state index is 12.9. The molecule has 0 unspecified atom stereocenters. The van der Waals surface area contributed by atoms with Crippen LogP contribution in [-0.4, -0.2) is 47.0 Å². The molecule has 126 valence electrons. The van der Waals surface area contributed by atoms with Crippen LogP contribution in [0.4, 0.5) is 5.82 Å². The van der Waals surface area contributed by atoms with E-state index in [0.29, 0.717) is 5.92 Å². The van der Waals surface area contributed by atoms with Gasteiger partial charge in [-0.05, 0) is 37.8 Å². The fourth-order valence-corrected chi connectivity index (χ4v) is 4.42. The number of hydrogen-bond acceptors (Lipinski definition) is 5. The molecular weight excluding hydrogens is 320 g/mol. The Bertz CT molecular complexity index is 697. The van der Waals surface area contributed by atoms with E-state index in [-0.39, 0.29) is 5.91 Å². The van der Waals surface area contributed by atoms with Crippen molar-refractivity contribution in [3.8, 4) is 0 Å². The van der Waals surface area contributed by atoms with Crippen LogP contribution in [0.15, 0.2) is 29.9 Å². The quantitative estimate of drug-likeness (QED) is 0.860. The highest BCUT2D eigenvalue weighted by molar-refractivity contribution is 7.09. The lowest BCUT2D eigenvalue weighted by Gasteiger charge is -2.32. The van der Waals surface area contributed by atoms with Crippen molar-refractivity contribution in [1.82, 2.24) is 14.9 Å². The summed E-state index contributed by atoms with van der Waals surface area (Å²) in [6.07, 6.45) is 8.20. The van der Waals surface area contributed by atoms with Crippen LogP contribution in [0.2, 0.25) is 0 Å². The smallest absolute Gasteiger partial charge is 0.254 e. The minimum atomic E-state index is 0.124. The molecule has 1 amide bonds. The molecule has 4 rings (SSSR count). The summed E-state index contributed by atoms with van der Waals surface area (Å²) in [6.45, 7) is 3.69. The third kappa shape index (κ3) is 3.15. The first kappa shape index (κ1) is 15.6. The van der Waals surface area contributed by atoms with Crippen molar-refractivity contribution in [2.45, 2.75) is 31.6 Å². The Hall–Kier alpha value is -1.95. The summed E-state index contributed by atoms with van der Waals surface area (Å²) in [5.74, 6) is 1.44. The van der Waals surface area contributed by atoms with E-state index in [2.05, 4.69) is 14.9 Å². The number of rotatable bonds is 3. The van der Waals surface area contributed by atoms with Crippen molar-refractivity contribution < 1.29 is 4.79 Å². The lowest BCUT2D eigenvalue weighted by Crippen LogP contribution is -2.39. The van der Waals surface area contributed by atoms with Crippen LogP contribution >= 0.6 is 11.3 Å². The van der Waals surface area contributed by atoms with Gasteiger partial charge in [-0.1, -0.05) is 0 Å². The molecule has 2 fully saturated rings. The summed E-state index contributed by atoms with van der Waals surface area (Å²) in [5, 5.41) is 3.17. The molecule has 0 radical (unpaired) electrons. The van der Waals surface area contributed by atoms with Crippen LogP contribution in [0, 0.1) is 0 Å². The van der Waals surface area contributed by atoms with Gasteiger partial charge in [-0.25, -0.2) is 9.97 Å². The van der Waals surface area contributed by atoms with Gasteiger partial charge in [-0.15, -0.1) is 11.3 Å². The molecule has 2 saturated heterocycles. The average molecular weight is 342 g/mol. The van der Waals surface area contributed by atoms with E-state index >= 15 is 0 Å². The number of hydrogen-bond donors (Lipinski definition) is 0. The average Bonchev–Trinajstić information content (AvgIpc) is 3.35. The summed E-state index contributed by atoms with van der Waals surface area (Å²) >= 11 is 1.69. The predicted octanol–water partition coefficient (Wildman–Crippen LogP) is 3.16. The summed E-state index contributed by atoms with van der Waals surface area (Å²) in [6, 6.07) is 3.80. The molecule has 0 spiro atoms. The van der Waals surface area contributed by atoms with Crippen LogP contribution in [-0.2, 0) is 0 Å². The largest absolute Gasteiger partial charge is 0.357 e. The van der Waals surface area contributed by atoms with Crippen molar-refractivity contribution in [3.05, 3.63) is 40.5 Å².